The number of carbonyl (C=O) groups excluding carboxylic acids is 1. The normalized spacial score (nSPS) is 19.2. The molecule has 3 fully saturated rings. The topological polar surface area (TPSA) is 112 Å². The van der Waals surface area contributed by atoms with E-state index in [0.29, 0.717) is 35.4 Å². The van der Waals surface area contributed by atoms with Crippen molar-refractivity contribution in [2.24, 2.45) is 5.92 Å². The van der Waals surface area contributed by atoms with Crippen LogP contribution in [0.1, 0.15) is 48.8 Å². The van der Waals surface area contributed by atoms with Gasteiger partial charge in [-0.05, 0) is 56.5 Å². The minimum Gasteiger partial charge on any atom is -0.465 e. The first-order valence-electron chi connectivity index (χ1n) is 16.5. The van der Waals surface area contributed by atoms with Crippen molar-refractivity contribution in [1.82, 2.24) is 19.4 Å². The molecule has 2 saturated heterocycles. The van der Waals surface area contributed by atoms with Crippen LogP contribution in [-0.4, -0.2) is 71.0 Å². The molecule has 3 aliphatic rings. The second-order valence-corrected chi connectivity index (χ2v) is 20.9. The number of pyridine rings is 1. The van der Waals surface area contributed by atoms with Gasteiger partial charge in [-0.2, -0.15) is 5.26 Å². The summed E-state index contributed by atoms with van der Waals surface area (Å²) in [6, 6.07) is 11.0. The van der Waals surface area contributed by atoms with Gasteiger partial charge >= 0.3 is 12.2 Å². The Balaban J connectivity index is 1.58. The largest absolute Gasteiger partial charge is 0.465 e. The van der Waals surface area contributed by atoms with Crippen LogP contribution < -0.4 is 0 Å². The molecule has 1 aliphatic carbocycles. The van der Waals surface area contributed by atoms with Gasteiger partial charge < -0.3 is 24.2 Å². The highest BCUT2D eigenvalue weighted by atomic mass is 35.5. The molecule has 2 aliphatic heterocycles. The van der Waals surface area contributed by atoms with Gasteiger partial charge in [0.15, 0.2) is 5.82 Å². The molecule has 4 heterocycles. The summed E-state index contributed by atoms with van der Waals surface area (Å²) < 4.78 is 24.8. The quantitative estimate of drug-likeness (QED) is 0.172. The van der Waals surface area contributed by atoms with Gasteiger partial charge in [0, 0.05) is 67.3 Å². The Morgan fingerprint density at radius 2 is 1.98 bits per heavy atom. The maximum absolute atomic E-state index is 17.0. The lowest BCUT2D eigenvalue weighted by atomic mass is 9.79. The van der Waals surface area contributed by atoms with E-state index in [-0.39, 0.29) is 52.0 Å². The summed E-state index contributed by atoms with van der Waals surface area (Å²) in [5.74, 6) is -0.526. The Kier molecular flexibility index (Phi) is 9.37. The maximum Gasteiger partial charge on any atom is 0.410 e. The zero-order valence-corrected chi connectivity index (χ0v) is 31.0. The van der Waals surface area contributed by atoms with Crippen LogP contribution in [0.2, 0.25) is 35.7 Å². The van der Waals surface area contributed by atoms with Gasteiger partial charge in [-0.15, -0.1) is 0 Å². The predicted molar refractivity (Wildman–Crippen MR) is 193 cm³/mol. The van der Waals surface area contributed by atoms with E-state index in [1.165, 1.54) is 4.90 Å². The van der Waals surface area contributed by atoms with E-state index in [9.17, 15) is 20.0 Å². The molecule has 2 aromatic heterocycles. The summed E-state index contributed by atoms with van der Waals surface area (Å²) in [6.45, 7) is 11.1. The van der Waals surface area contributed by atoms with Gasteiger partial charge in [-0.1, -0.05) is 55.0 Å². The van der Waals surface area contributed by atoms with E-state index in [2.05, 4.69) is 30.3 Å². The van der Waals surface area contributed by atoms with Crippen molar-refractivity contribution in [3.8, 4) is 17.2 Å². The van der Waals surface area contributed by atoms with Crippen LogP contribution in [0.5, 0.6) is 0 Å². The minimum absolute atomic E-state index is 0.0487. The molecular weight excluding hydrogens is 684 g/mol. The van der Waals surface area contributed by atoms with Crippen molar-refractivity contribution < 1.29 is 23.8 Å². The minimum atomic E-state index is -1.42. The number of nitrogens with zero attached hydrogens (tertiary/aromatic N) is 5. The standard InChI is InChI=1S/C36H40Cl2FN5O4Si/c1-19-24-17-27(20(2)42(3)36(47)48-13-14-49(4,5)6)44(33-22-16-28(33)43(18-22)35(45)46)34(24)25-15-21(9-8-12-40)29(31(39)32(25)41-19)23-10-7-11-26(37)30(23)38/h7,10-11,15,17,20,22,28,33H,8-9,13-14,16,18H2,1-6H3,(H,45,46)/t20-,22-,28-,33+/m1/s1. The van der Waals surface area contributed by atoms with Gasteiger partial charge in [0.05, 0.1) is 46.4 Å². The number of fused-ring (bicyclic) bond motifs is 4. The SMILES string of the molecule is Cc1nc2c(F)c(-c3cccc(Cl)c3Cl)c(CCC#N)cc2c2c1cc([C@@H](C)N(C)C(=O)OCC[Si](C)(C)C)n2[C@H]1[C@@H]2C[C@H]1N(C(=O)O)C2. The van der Waals surface area contributed by atoms with Gasteiger partial charge in [-0.3, -0.25) is 0 Å². The molecular formula is C36H40Cl2FN5O4Si. The lowest BCUT2D eigenvalue weighted by Crippen LogP contribution is -2.43. The fourth-order valence-corrected chi connectivity index (χ4v) is 8.53. The van der Waals surface area contributed by atoms with Crippen LogP contribution in [0.25, 0.3) is 32.9 Å². The number of carboxylic acid groups (broad SMARTS) is 1. The van der Waals surface area contributed by atoms with E-state index in [1.807, 2.05) is 26.0 Å². The summed E-state index contributed by atoms with van der Waals surface area (Å²) in [7, 11) is 0.279. The molecule has 7 rings (SSSR count). The number of halogens is 3. The fraction of sp³-hybridized carbons (Fsp3) is 0.444. The summed E-state index contributed by atoms with van der Waals surface area (Å²) >= 11 is 13.0. The van der Waals surface area contributed by atoms with Crippen LogP contribution >= 0.6 is 23.2 Å². The molecule has 2 amide bonds. The van der Waals surface area contributed by atoms with Gasteiger partial charge in [0.2, 0.25) is 0 Å². The Labute approximate surface area is 296 Å². The van der Waals surface area contributed by atoms with Gasteiger partial charge in [-0.25, -0.2) is 19.0 Å². The lowest BCUT2D eigenvalue weighted by molar-refractivity contribution is 0.0996. The molecule has 2 bridgehead atoms. The Hall–Kier alpha value is -3.85. The third kappa shape index (κ3) is 6.13. The van der Waals surface area contributed by atoms with Crippen molar-refractivity contribution in [2.45, 2.75) is 76.9 Å². The first-order chi connectivity index (χ1) is 23.1. The van der Waals surface area contributed by atoms with Crippen LogP contribution in [0, 0.1) is 30.0 Å². The monoisotopic (exact) mass is 723 g/mol. The number of amides is 2. The number of carbonyl (C=O) groups is 2. The van der Waals surface area contributed by atoms with Crippen molar-refractivity contribution in [3.05, 3.63) is 63.1 Å². The van der Waals surface area contributed by atoms with Crippen molar-refractivity contribution >= 4 is 65.3 Å². The molecule has 4 atom stereocenters. The number of hydrogen-bond acceptors (Lipinski definition) is 5. The van der Waals surface area contributed by atoms with Crippen LogP contribution in [-0.2, 0) is 11.2 Å². The first kappa shape index (κ1) is 35.0. The zero-order chi connectivity index (χ0) is 35.5. The van der Waals surface area contributed by atoms with Crippen LogP contribution in [0.3, 0.4) is 0 Å². The molecule has 4 aromatic rings. The predicted octanol–water partition coefficient (Wildman–Crippen LogP) is 9.46. The number of rotatable bonds is 9. The zero-order valence-electron chi connectivity index (χ0n) is 28.5. The number of aryl methyl sites for hydroxylation is 2. The van der Waals surface area contributed by atoms with E-state index in [4.69, 9.17) is 32.9 Å². The lowest BCUT2D eigenvalue weighted by Gasteiger charge is -2.40. The van der Waals surface area contributed by atoms with Crippen LogP contribution in [0.15, 0.2) is 30.3 Å². The third-order valence-electron chi connectivity index (χ3n) is 10.2. The highest BCUT2D eigenvalue weighted by Gasteiger charge is 2.56. The molecule has 1 saturated carbocycles. The van der Waals surface area contributed by atoms with Crippen molar-refractivity contribution in [1.29, 1.82) is 5.26 Å². The molecule has 49 heavy (non-hydrogen) atoms. The molecule has 1 N–H and O–H groups in total. The number of hydrogen-bond donors (Lipinski definition) is 1. The third-order valence-corrected chi connectivity index (χ3v) is 12.7. The highest BCUT2D eigenvalue weighted by Crippen LogP contribution is 2.53. The van der Waals surface area contributed by atoms with Gasteiger partial charge in [0.25, 0.3) is 0 Å². The summed E-state index contributed by atoms with van der Waals surface area (Å²) in [5, 5.41) is 21.3. The van der Waals surface area contributed by atoms with Crippen molar-refractivity contribution in [3.63, 3.8) is 0 Å². The van der Waals surface area contributed by atoms with E-state index < -0.39 is 32.1 Å². The molecule has 258 valence electrons. The smallest absolute Gasteiger partial charge is 0.410 e. The fourth-order valence-electron chi connectivity index (χ4n) is 7.42. The second-order valence-electron chi connectivity index (χ2n) is 14.5. The van der Waals surface area contributed by atoms with Gasteiger partial charge in [0.1, 0.15) is 5.52 Å². The summed E-state index contributed by atoms with van der Waals surface area (Å²) in [5.41, 5.74) is 3.46. The van der Waals surface area contributed by atoms with E-state index >= 15 is 4.39 Å². The maximum atomic E-state index is 17.0. The number of ether oxygens (including phenoxy) is 1. The number of benzene rings is 2. The molecule has 0 radical (unpaired) electrons. The summed E-state index contributed by atoms with van der Waals surface area (Å²) in [4.78, 5) is 33.4. The Morgan fingerprint density at radius 1 is 1.24 bits per heavy atom. The van der Waals surface area contributed by atoms with E-state index in [0.717, 1.165) is 29.1 Å². The van der Waals surface area contributed by atoms with Crippen molar-refractivity contribution in [2.75, 3.05) is 20.2 Å². The second kappa shape index (κ2) is 13.1. The van der Waals surface area contributed by atoms with E-state index in [1.54, 1.807) is 30.1 Å². The Bertz CT molecular complexity index is 2040. The molecule has 0 unspecified atom stereocenters. The molecule has 9 nitrogen and oxygen atoms in total. The first-order valence-corrected chi connectivity index (χ1v) is 21.0. The highest BCUT2D eigenvalue weighted by molar-refractivity contribution is 6.76. The Morgan fingerprint density at radius 3 is 2.63 bits per heavy atom. The molecule has 2 aromatic carbocycles. The number of aromatic nitrogens is 2. The average molecular weight is 725 g/mol. The molecule has 0 spiro atoms. The summed E-state index contributed by atoms with van der Waals surface area (Å²) in [6.07, 6.45) is -0.292. The number of nitriles is 1. The van der Waals surface area contributed by atoms with Crippen LogP contribution in [0.4, 0.5) is 14.0 Å². The average Bonchev–Trinajstić information content (AvgIpc) is 3.75. The molecule has 13 heteroatoms.